The van der Waals surface area contributed by atoms with Gasteiger partial charge in [0.25, 0.3) is 11.8 Å². The van der Waals surface area contributed by atoms with Gasteiger partial charge in [-0.05, 0) is 30.2 Å². The highest BCUT2D eigenvalue weighted by atomic mass is 16.2. The van der Waals surface area contributed by atoms with E-state index in [0.29, 0.717) is 11.1 Å². The second-order valence-corrected chi connectivity index (χ2v) is 7.66. The zero-order valence-corrected chi connectivity index (χ0v) is 16.4. The van der Waals surface area contributed by atoms with E-state index in [1.54, 1.807) is 36.1 Å². The van der Waals surface area contributed by atoms with Crippen molar-refractivity contribution in [1.82, 2.24) is 9.80 Å². The summed E-state index contributed by atoms with van der Waals surface area (Å²) in [5, 5.41) is 0. The summed E-state index contributed by atoms with van der Waals surface area (Å²) < 4.78 is 0. The summed E-state index contributed by atoms with van der Waals surface area (Å²) in [6.45, 7) is 1.63. The number of hydrogen-bond acceptors (Lipinski definition) is 3. The molecule has 0 N–H and O–H groups in total. The Bertz CT molecular complexity index is 1060. The fraction of sp³-hybridized carbons (Fsp3) is 0.160. The van der Waals surface area contributed by atoms with Crippen molar-refractivity contribution in [2.75, 3.05) is 0 Å². The van der Waals surface area contributed by atoms with Gasteiger partial charge in [-0.25, -0.2) is 0 Å². The monoisotopic (exact) mass is 396 g/mol. The van der Waals surface area contributed by atoms with Crippen LogP contribution in [0.4, 0.5) is 0 Å². The smallest absolute Gasteiger partial charge is 0.262 e. The Morgan fingerprint density at radius 2 is 1.10 bits per heavy atom. The number of carbonyl (C=O) groups is 3. The summed E-state index contributed by atoms with van der Waals surface area (Å²) in [5.41, 5.74) is 2.78. The SMILES string of the molecule is C[C@@H](C(=O)N1[C@@H](c2ccccc2)[C@@H]1c1ccccc1)N1C(=O)c2ccccc2C1=O. The summed E-state index contributed by atoms with van der Waals surface area (Å²) in [5.74, 6) is -1.05. The van der Waals surface area contributed by atoms with E-state index >= 15 is 0 Å². The molecule has 2 aliphatic rings. The molecule has 5 rings (SSSR count). The van der Waals surface area contributed by atoms with Crippen LogP contribution in [0.5, 0.6) is 0 Å². The van der Waals surface area contributed by atoms with Gasteiger partial charge in [-0.3, -0.25) is 19.3 Å². The van der Waals surface area contributed by atoms with E-state index in [1.807, 2.05) is 60.7 Å². The van der Waals surface area contributed by atoms with Crippen LogP contribution in [0.15, 0.2) is 84.9 Å². The van der Waals surface area contributed by atoms with Crippen molar-refractivity contribution in [3.63, 3.8) is 0 Å². The largest absolute Gasteiger partial charge is 0.322 e. The Labute approximate surface area is 174 Å². The molecule has 0 saturated carbocycles. The Morgan fingerprint density at radius 1 is 0.700 bits per heavy atom. The molecule has 0 aliphatic carbocycles. The van der Waals surface area contributed by atoms with Crippen LogP contribution in [0.2, 0.25) is 0 Å². The van der Waals surface area contributed by atoms with Gasteiger partial charge in [-0.15, -0.1) is 0 Å². The third kappa shape index (κ3) is 2.74. The van der Waals surface area contributed by atoms with Crippen molar-refractivity contribution in [2.45, 2.75) is 25.0 Å². The molecule has 1 fully saturated rings. The first-order valence-electron chi connectivity index (χ1n) is 9.98. The maximum atomic E-state index is 13.5. The number of amides is 3. The minimum absolute atomic E-state index is 0.112. The third-order valence-electron chi connectivity index (χ3n) is 5.92. The van der Waals surface area contributed by atoms with E-state index in [0.717, 1.165) is 16.0 Å². The number of hydrogen-bond donors (Lipinski definition) is 0. The highest BCUT2D eigenvalue weighted by Gasteiger charge is 2.55. The van der Waals surface area contributed by atoms with Gasteiger partial charge in [0, 0.05) is 0 Å². The summed E-state index contributed by atoms with van der Waals surface area (Å²) in [6.07, 6.45) is 0. The molecule has 30 heavy (non-hydrogen) atoms. The van der Waals surface area contributed by atoms with Crippen molar-refractivity contribution in [1.29, 1.82) is 0 Å². The molecule has 3 amide bonds. The predicted molar refractivity (Wildman–Crippen MR) is 112 cm³/mol. The zero-order valence-electron chi connectivity index (χ0n) is 16.4. The van der Waals surface area contributed by atoms with Crippen LogP contribution in [0.3, 0.4) is 0 Å². The number of carbonyl (C=O) groups excluding carboxylic acids is 3. The van der Waals surface area contributed by atoms with Gasteiger partial charge in [-0.1, -0.05) is 72.8 Å². The summed E-state index contributed by atoms with van der Waals surface area (Å²) in [4.78, 5) is 42.0. The Kier molecular flexibility index (Phi) is 4.24. The molecule has 5 nitrogen and oxygen atoms in total. The number of rotatable bonds is 4. The van der Waals surface area contributed by atoms with E-state index in [1.165, 1.54) is 0 Å². The average Bonchev–Trinajstić information content (AvgIpc) is 3.49. The van der Waals surface area contributed by atoms with E-state index in [-0.39, 0.29) is 18.0 Å². The number of nitrogens with zero attached hydrogens (tertiary/aromatic N) is 2. The fourth-order valence-electron chi connectivity index (χ4n) is 4.38. The maximum Gasteiger partial charge on any atom is 0.262 e. The zero-order chi connectivity index (χ0) is 20.8. The molecular weight excluding hydrogens is 376 g/mol. The lowest BCUT2D eigenvalue weighted by molar-refractivity contribution is -0.130. The van der Waals surface area contributed by atoms with Crippen molar-refractivity contribution in [3.8, 4) is 0 Å². The summed E-state index contributed by atoms with van der Waals surface area (Å²) in [7, 11) is 0. The topological polar surface area (TPSA) is 57.5 Å². The molecule has 0 bridgehead atoms. The predicted octanol–water partition coefficient (Wildman–Crippen LogP) is 4.00. The molecule has 148 valence electrons. The first-order chi connectivity index (χ1) is 14.6. The lowest BCUT2D eigenvalue weighted by atomic mass is 10.0. The molecule has 2 heterocycles. The minimum atomic E-state index is -0.877. The number of benzene rings is 3. The minimum Gasteiger partial charge on any atom is -0.322 e. The second kappa shape index (κ2) is 6.95. The molecule has 0 aromatic heterocycles. The molecule has 0 unspecified atom stereocenters. The van der Waals surface area contributed by atoms with Crippen LogP contribution in [0.1, 0.15) is 50.9 Å². The van der Waals surface area contributed by atoms with Gasteiger partial charge in [0.1, 0.15) is 6.04 Å². The van der Waals surface area contributed by atoms with Crippen molar-refractivity contribution >= 4 is 17.7 Å². The van der Waals surface area contributed by atoms with Crippen LogP contribution < -0.4 is 0 Å². The highest BCUT2D eigenvalue weighted by molar-refractivity contribution is 6.22. The normalized spacial score (nSPS) is 20.8. The van der Waals surface area contributed by atoms with Crippen molar-refractivity contribution in [2.24, 2.45) is 0 Å². The van der Waals surface area contributed by atoms with Crippen LogP contribution in [-0.4, -0.2) is 33.6 Å². The number of imide groups is 1. The molecule has 2 aliphatic heterocycles. The second-order valence-electron chi connectivity index (χ2n) is 7.66. The Balaban J connectivity index is 1.46. The van der Waals surface area contributed by atoms with Gasteiger partial charge in [-0.2, -0.15) is 0 Å². The van der Waals surface area contributed by atoms with Crippen LogP contribution >= 0.6 is 0 Å². The van der Waals surface area contributed by atoms with E-state index in [4.69, 9.17) is 0 Å². The van der Waals surface area contributed by atoms with Gasteiger partial charge < -0.3 is 4.90 Å². The molecule has 0 radical (unpaired) electrons. The van der Waals surface area contributed by atoms with Gasteiger partial charge in [0.15, 0.2) is 0 Å². The molecule has 3 atom stereocenters. The van der Waals surface area contributed by atoms with Crippen LogP contribution in [0.25, 0.3) is 0 Å². The van der Waals surface area contributed by atoms with Crippen molar-refractivity contribution in [3.05, 3.63) is 107 Å². The Morgan fingerprint density at radius 3 is 1.53 bits per heavy atom. The molecule has 3 aromatic rings. The average molecular weight is 396 g/mol. The fourth-order valence-corrected chi connectivity index (χ4v) is 4.38. The molecule has 3 aromatic carbocycles. The van der Waals surface area contributed by atoms with Gasteiger partial charge in [0.05, 0.1) is 23.2 Å². The summed E-state index contributed by atoms with van der Waals surface area (Å²) in [6, 6.07) is 25.3. The Hall–Kier alpha value is -3.73. The molecule has 0 spiro atoms. The van der Waals surface area contributed by atoms with Crippen LogP contribution in [-0.2, 0) is 4.79 Å². The molecule has 5 heteroatoms. The first-order valence-corrected chi connectivity index (χ1v) is 9.98. The van der Waals surface area contributed by atoms with Gasteiger partial charge >= 0.3 is 0 Å². The van der Waals surface area contributed by atoms with E-state index in [2.05, 4.69) is 0 Å². The first kappa shape index (κ1) is 18.3. The lowest BCUT2D eigenvalue weighted by Gasteiger charge is -2.22. The highest BCUT2D eigenvalue weighted by Crippen LogP contribution is 2.55. The van der Waals surface area contributed by atoms with E-state index < -0.39 is 17.9 Å². The molecule has 1 saturated heterocycles. The molecular formula is C25H20N2O3. The maximum absolute atomic E-state index is 13.5. The van der Waals surface area contributed by atoms with Crippen molar-refractivity contribution < 1.29 is 14.4 Å². The quantitative estimate of drug-likeness (QED) is 0.495. The van der Waals surface area contributed by atoms with Gasteiger partial charge in [0.2, 0.25) is 5.91 Å². The summed E-state index contributed by atoms with van der Waals surface area (Å²) >= 11 is 0. The number of fused-ring (bicyclic) bond motifs is 1. The standard InChI is InChI=1S/C25H20N2O3/c1-16(26-24(29)19-14-8-9-15-20(19)25(26)30)23(28)27-21(17-10-4-2-5-11-17)22(27)18-12-6-3-7-13-18/h2-16,21-22H,1H3/t16-,21-,22-/m0/s1. The van der Waals surface area contributed by atoms with Crippen LogP contribution in [0, 0.1) is 0 Å². The third-order valence-corrected chi connectivity index (χ3v) is 5.92. The van der Waals surface area contributed by atoms with E-state index in [9.17, 15) is 14.4 Å². The lowest BCUT2D eigenvalue weighted by Crippen LogP contribution is -2.45.